The lowest BCUT2D eigenvalue weighted by Gasteiger charge is -2.24. The second-order valence-electron chi connectivity index (χ2n) is 3.99. The van der Waals surface area contributed by atoms with Crippen molar-refractivity contribution in [1.82, 2.24) is 0 Å². The molecule has 0 fully saturated rings. The van der Waals surface area contributed by atoms with Crippen LogP contribution in [0.3, 0.4) is 0 Å². The molecule has 3 heteroatoms. The van der Waals surface area contributed by atoms with Gasteiger partial charge in [-0.2, -0.15) is 0 Å². The van der Waals surface area contributed by atoms with E-state index < -0.39 is 5.97 Å². The van der Waals surface area contributed by atoms with Gasteiger partial charge in [-0.3, -0.25) is 4.79 Å². The quantitative estimate of drug-likeness (QED) is 0.790. The summed E-state index contributed by atoms with van der Waals surface area (Å²) in [6.45, 7) is 4.92. The summed E-state index contributed by atoms with van der Waals surface area (Å²) in [6.07, 6.45) is 5.41. The molecule has 3 nitrogen and oxygen atoms in total. The average molecular weight is 231 g/mol. The Morgan fingerprint density at radius 3 is 2.76 bits per heavy atom. The zero-order chi connectivity index (χ0) is 12.8. The number of hydrogen-bond acceptors (Lipinski definition) is 2. The standard InChI is InChI=1S/C14H17NO2/c1-4-9-15(10-8-14(16)17)13-7-5-6-11(2)12(13)3/h1,5-7H,8-10H2,2-3H3,(H,16,17). The third-order valence-electron chi connectivity index (χ3n) is 2.79. The summed E-state index contributed by atoms with van der Waals surface area (Å²) in [5.74, 6) is 1.76. The first kappa shape index (κ1) is 13.1. The van der Waals surface area contributed by atoms with Crippen LogP contribution in [0, 0.1) is 26.2 Å². The molecule has 0 saturated heterocycles. The van der Waals surface area contributed by atoms with Gasteiger partial charge in [0.15, 0.2) is 0 Å². The molecule has 1 rings (SSSR count). The van der Waals surface area contributed by atoms with Crippen molar-refractivity contribution in [3.05, 3.63) is 29.3 Å². The molecule has 0 saturated carbocycles. The van der Waals surface area contributed by atoms with Crippen LogP contribution in [0.25, 0.3) is 0 Å². The molecular weight excluding hydrogens is 214 g/mol. The van der Waals surface area contributed by atoms with E-state index in [0.717, 1.165) is 11.3 Å². The van der Waals surface area contributed by atoms with Crippen LogP contribution in [0.2, 0.25) is 0 Å². The predicted molar refractivity (Wildman–Crippen MR) is 69.2 cm³/mol. The van der Waals surface area contributed by atoms with Crippen molar-refractivity contribution in [3.8, 4) is 12.3 Å². The van der Waals surface area contributed by atoms with E-state index >= 15 is 0 Å². The van der Waals surface area contributed by atoms with Gasteiger partial charge in [0.05, 0.1) is 13.0 Å². The van der Waals surface area contributed by atoms with Gasteiger partial charge in [-0.25, -0.2) is 0 Å². The van der Waals surface area contributed by atoms with Crippen LogP contribution in [0.15, 0.2) is 18.2 Å². The summed E-state index contributed by atoms with van der Waals surface area (Å²) in [5, 5.41) is 8.72. The number of carboxylic acid groups (broad SMARTS) is 1. The highest BCUT2D eigenvalue weighted by atomic mass is 16.4. The van der Waals surface area contributed by atoms with Gasteiger partial charge in [0, 0.05) is 12.2 Å². The van der Waals surface area contributed by atoms with E-state index in [-0.39, 0.29) is 6.42 Å². The minimum atomic E-state index is -0.808. The number of carboxylic acids is 1. The Labute approximate surface area is 102 Å². The number of terminal acetylenes is 1. The second kappa shape index (κ2) is 5.95. The number of aliphatic carboxylic acids is 1. The van der Waals surface area contributed by atoms with Crippen molar-refractivity contribution < 1.29 is 9.90 Å². The van der Waals surface area contributed by atoms with Crippen LogP contribution in [0.1, 0.15) is 17.5 Å². The number of hydrogen-bond donors (Lipinski definition) is 1. The number of rotatable bonds is 5. The lowest BCUT2D eigenvalue weighted by atomic mass is 10.1. The third kappa shape index (κ3) is 3.53. The highest BCUT2D eigenvalue weighted by molar-refractivity contribution is 5.68. The molecule has 0 aliphatic heterocycles. The molecule has 0 aromatic heterocycles. The first-order chi connectivity index (χ1) is 8.06. The minimum Gasteiger partial charge on any atom is -0.481 e. The van der Waals surface area contributed by atoms with Crippen LogP contribution in [0.5, 0.6) is 0 Å². The van der Waals surface area contributed by atoms with E-state index in [1.165, 1.54) is 5.56 Å². The second-order valence-corrected chi connectivity index (χ2v) is 3.99. The first-order valence-corrected chi connectivity index (χ1v) is 5.52. The van der Waals surface area contributed by atoms with E-state index in [2.05, 4.69) is 5.92 Å². The number of aryl methyl sites for hydroxylation is 1. The van der Waals surface area contributed by atoms with Gasteiger partial charge in [-0.05, 0) is 31.0 Å². The van der Waals surface area contributed by atoms with Crippen molar-refractivity contribution >= 4 is 11.7 Å². The molecule has 0 unspecified atom stereocenters. The normalized spacial score (nSPS) is 9.71. The summed E-state index contributed by atoms with van der Waals surface area (Å²) in [6, 6.07) is 5.97. The molecule has 17 heavy (non-hydrogen) atoms. The van der Waals surface area contributed by atoms with Crippen molar-refractivity contribution in [2.24, 2.45) is 0 Å². The van der Waals surface area contributed by atoms with Crippen LogP contribution in [-0.2, 0) is 4.79 Å². The van der Waals surface area contributed by atoms with Crippen LogP contribution in [0.4, 0.5) is 5.69 Å². The highest BCUT2D eigenvalue weighted by Gasteiger charge is 2.10. The molecule has 0 heterocycles. The Morgan fingerprint density at radius 1 is 1.47 bits per heavy atom. The summed E-state index contributed by atoms with van der Waals surface area (Å²) in [4.78, 5) is 12.5. The van der Waals surface area contributed by atoms with E-state index in [1.54, 1.807) is 0 Å². The molecule has 0 radical (unpaired) electrons. The lowest BCUT2D eigenvalue weighted by Crippen LogP contribution is -2.27. The molecule has 1 aromatic carbocycles. The van der Waals surface area contributed by atoms with E-state index in [9.17, 15) is 4.79 Å². The van der Waals surface area contributed by atoms with Gasteiger partial charge in [-0.15, -0.1) is 6.42 Å². The third-order valence-corrected chi connectivity index (χ3v) is 2.79. The monoisotopic (exact) mass is 231 g/mol. The van der Waals surface area contributed by atoms with Gasteiger partial charge >= 0.3 is 5.97 Å². The summed E-state index contributed by atoms with van der Waals surface area (Å²) in [5.41, 5.74) is 3.34. The molecule has 1 N–H and O–H groups in total. The Balaban J connectivity index is 2.93. The van der Waals surface area contributed by atoms with E-state index in [0.29, 0.717) is 13.1 Å². The number of carbonyl (C=O) groups is 1. The van der Waals surface area contributed by atoms with Crippen molar-refractivity contribution in [2.45, 2.75) is 20.3 Å². The maximum Gasteiger partial charge on any atom is 0.305 e. The van der Waals surface area contributed by atoms with Crippen LogP contribution >= 0.6 is 0 Å². The Bertz CT molecular complexity index is 446. The lowest BCUT2D eigenvalue weighted by molar-refractivity contribution is -0.136. The van der Waals surface area contributed by atoms with E-state index in [1.807, 2.05) is 36.9 Å². The SMILES string of the molecule is C#CCN(CCC(=O)O)c1cccc(C)c1C. The summed E-state index contributed by atoms with van der Waals surface area (Å²) in [7, 11) is 0. The fourth-order valence-corrected chi connectivity index (χ4v) is 1.70. The summed E-state index contributed by atoms with van der Waals surface area (Å²) >= 11 is 0. The van der Waals surface area contributed by atoms with Gasteiger partial charge in [-0.1, -0.05) is 18.1 Å². The summed E-state index contributed by atoms with van der Waals surface area (Å²) < 4.78 is 0. The predicted octanol–water partition coefficient (Wildman–Crippen LogP) is 2.22. The molecule has 90 valence electrons. The number of anilines is 1. The fraction of sp³-hybridized carbons (Fsp3) is 0.357. The Hall–Kier alpha value is -1.95. The molecular formula is C14H17NO2. The number of nitrogens with zero attached hydrogens (tertiary/aromatic N) is 1. The topological polar surface area (TPSA) is 40.5 Å². The van der Waals surface area contributed by atoms with Crippen molar-refractivity contribution in [3.63, 3.8) is 0 Å². The van der Waals surface area contributed by atoms with Gasteiger partial charge in [0.2, 0.25) is 0 Å². The van der Waals surface area contributed by atoms with Crippen LogP contribution in [-0.4, -0.2) is 24.2 Å². The zero-order valence-corrected chi connectivity index (χ0v) is 10.2. The first-order valence-electron chi connectivity index (χ1n) is 5.52. The maximum absolute atomic E-state index is 10.6. The van der Waals surface area contributed by atoms with Crippen LogP contribution < -0.4 is 4.90 Å². The maximum atomic E-state index is 10.6. The largest absolute Gasteiger partial charge is 0.481 e. The molecule has 0 amide bonds. The molecule has 0 spiro atoms. The van der Waals surface area contributed by atoms with Crippen molar-refractivity contribution in [1.29, 1.82) is 0 Å². The Kier molecular flexibility index (Phi) is 4.59. The smallest absolute Gasteiger partial charge is 0.305 e. The van der Waals surface area contributed by atoms with Gasteiger partial charge in [0.25, 0.3) is 0 Å². The number of benzene rings is 1. The zero-order valence-electron chi connectivity index (χ0n) is 10.2. The molecule has 0 aliphatic carbocycles. The van der Waals surface area contributed by atoms with Gasteiger partial charge < -0.3 is 10.0 Å². The van der Waals surface area contributed by atoms with Gasteiger partial charge in [0.1, 0.15) is 0 Å². The molecule has 0 aliphatic rings. The molecule has 0 bridgehead atoms. The minimum absolute atomic E-state index is 0.0923. The fourth-order valence-electron chi connectivity index (χ4n) is 1.70. The van der Waals surface area contributed by atoms with E-state index in [4.69, 9.17) is 11.5 Å². The molecule has 0 atom stereocenters. The van der Waals surface area contributed by atoms with Crippen molar-refractivity contribution in [2.75, 3.05) is 18.0 Å². The Morgan fingerprint density at radius 2 is 2.18 bits per heavy atom. The average Bonchev–Trinajstić information content (AvgIpc) is 2.28. The molecule has 1 aromatic rings. The highest BCUT2D eigenvalue weighted by Crippen LogP contribution is 2.22.